The van der Waals surface area contributed by atoms with Gasteiger partial charge in [0.15, 0.2) is 17.3 Å². The Morgan fingerprint density at radius 2 is 1.63 bits per heavy atom. The number of ether oxygens (including phenoxy) is 1. The number of benzene rings is 2. The van der Waals surface area contributed by atoms with Gasteiger partial charge in [0.05, 0.1) is 19.3 Å². The molecular formula is C20H17FN2O4. The number of rotatable bonds is 7. The zero-order valence-corrected chi connectivity index (χ0v) is 14.3. The number of para-hydroxylation sites is 1. The summed E-state index contributed by atoms with van der Waals surface area (Å²) in [6.07, 6.45) is 1.49. The highest BCUT2D eigenvalue weighted by molar-refractivity contribution is 6.02. The Hall–Kier alpha value is -3.61. The van der Waals surface area contributed by atoms with Gasteiger partial charge in [0.1, 0.15) is 0 Å². The van der Waals surface area contributed by atoms with Crippen LogP contribution in [0.3, 0.4) is 0 Å². The van der Waals surface area contributed by atoms with E-state index in [1.54, 1.807) is 48.5 Å². The monoisotopic (exact) mass is 368 g/mol. The molecule has 0 saturated heterocycles. The number of hydrogen-bond acceptors (Lipinski definition) is 4. The number of furan rings is 1. The fourth-order valence-electron chi connectivity index (χ4n) is 2.28. The van der Waals surface area contributed by atoms with Crippen LogP contribution in [0.15, 0.2) is 71.3 Å². The lowest BCUT2D eigenvalue weighted by Gasteiger charge is -2.09. The molecule has 6 nitrogen and oxygen atoms in total. The fraction of sp³-hybridized carbons (Fsp3) is 0.100. The average molecular weight is 368 g/mol. The van der Waals surface area contributed by atoms with E-state index in [0.717, 1.165) is 0 Å². The highest BCUT2D eigenvalue weighted by Crippen LogP contribution is 2.17. The number of nitrogens with one attached hydrogen (secondary N) is 2. The first-order valence-corrected chi connectivity index (χ1v) is 8.24. The molecule has 7 heteroatoms. The van der Waals surface area contributed by atoms with Gasteiger partial charge in [-0.25, -0.2) is 4.39 Å². The predicted octanol–water partition coefficient (Wildman–Crippen LogP) is 4.08. The fourth-order valence-corrected chi connectivity index (χ4v) is 2.28. The first kappa shape index (κ1) is 18.2. The van der Waals surface area contributed by atoms with E-state index in [1.165, 1.54) is 18.4 Å². The maximum Gasteiger partial charge on any atom is 0.291 e. The lowest BCUT2D eigenvalue weighted by molar-refractivity contribution is -0.116. The van der Waals surface area contributed by atoms with E-state index in [0.29, 0.717) is 11.4 Å². The molecule has 0 atom stereocenters. The van der Waals surface area contributed by atoms with Crippen LogP contribution in [0.5, 0.6) is 5.75 Å². The lowest BCUT2D eigenvalue weighted by atomic mass is 10.2. The van der Waals surface area contributed by atoms with Crippen molar-refractivity contribution in [2.75, 3.05) is 17.2 Å². The van der Waals surface area contributed by atoms with Crippen molar-refractivity contribution in [2.24, 2.45) is 0 Å². The third-order valence-corrected chi connectivity index (χ3v) is 3.59. The zero-order valence-electron chi connectivity index (χ0n) is 14.3. The van der Waals surface area contributed by atoms with Gasteiger partial charge in [0.25, 0.3) is 5.91 Å². The highest BCUT2D eigenvalue weighted by Gasteiger charge is 2.09. The molecule has 0 saturated carbocycles. The van der Waals surface area contributed by atoms with E-state index in [-0.39, 0.29) is 36.4 Å². The number of anilines is 2. The number of hydrogen-bond donors (Lipinski definition) is 2. The maximum absolute atomic E-state index is 13.4. The third kappa shape index (κ3) is 5.18. The Bertz CT molecular complexity index is 908. The molecule has 27 heavy (non-hydrogen) atoms. The third-order valence-electron chi connectivity index (χ3n) is 3.59. The summed E-state index contributed by atoms with van der Waals surface area (Å²) in [5.74, 6) is -0.768. The molecule has 2 amide bonds. The van der Waals surface area contributed by atoms with Crippen LogP contribution in [0.25, 0.3) is 0 Å². The van der Waals surface area contributed by atoms with Crippen LogP contribution in [-0.4, -0.2) is 18.4 Å². The molecule has 2 aromatic carbocycles. The molecule has 0 fully saturated rings. The molecule has 1 aromatic heterocycles. The predicted molar refractivity (Wildman–Crippen MR) is 98.2 cm³/mol. The van der Waals surface area contributed by atoms with Crippen LogP contribution < -0.4 is 15.4 Å². The summed E-state index contributed by atoms with van der Waals surface area (Å²) in [4.78, 5) is 23.8. The van der Waals surface area contributed by atoms with Gasteiger partial charge in [-0.1, -0.05) is 12.1 Å². The summed E-state index contributed by atoms with van der Waals surface area (Å²) in [6, 6.07) is 15.8. The smallest absolute Gasteiger partial charge is 0.291 e. The van der Waals surface area contributed by atoms with E-state index in [2.05, 4.69) is 10.6 Å². The number of carbonyl (C=O) groups is 2. The van der Waals surface area contributed by atoms with Crippen molar-refractivity contribution < 1.29 is 23.1 Å². The minimum atomic E-state index is -0.468. The summed E-state index contributed by atoms with van der Waals surface area (Å²) in [5, 5.41) is 5.39. The molecule has 0 bridgehead atoms. The summed E-state index contributed by atoms with van der Waals surface area (Å²) in [7, 11) is 0. The van der Waals surface area contributed by atoms with E-state index in [9.17, 15) is 14.0 Å². The van der Waals surface area contributed by atoms with Crippen molar-refractivity contribution in [1.82, 2.24) is 0 Å². The van der Waals surface area contributed by atoms with Gasteiger partial charge < -0.3 is 19.8 Å². The zero-order chi connectivity index (χ0) is 19.1. The molecular weight excluding hydrogens is 351 g/mol. The van der Waals surface area contributed by atoms with Crippen molar-refractivity contribution in [3.63, 3.8) is 0 Å². The van der Waals surface area contributed by atoms with Gasteiger partial charge >= 0.3 is 0 Å². The molecule has 138 valence electrons. The van der Waals surface area contributed by atoms with Crippen molar-refractivity contribution in [1.29, 1.82) is 0 Å². The second-order valence-electron chi connectivity index (χ2n) is 5.59. The SMILES string of the molecule is O=C(CCOc1ccccc1F)Nc1ccc(NC(=O)c2ccco2)cc1. The molecule has 3 rings (SSSR count). The molecule has 0 aliphatic heterocycles. The van der Waals surface area contributed by atoms with Crippen molar-refractivity contribution in [2.45, 2.75) is 6.42 Å². The highest BCUT2D eigenvalue weighted by atomic mass is 19.1. The minimum Gasteiger partial charge on any atom is -0.490 e. The summed E-state index contributed by atoms with van der Waals surface area (Å²) in [5.41, 5.74) is 1.14. The van der Waals surface area contributed by atoms with E-state index in [4.69, 9.17) is 9.15 Å². The Morgan fingerprint density at radius 1 is 0.926 bits per heavy atom. The topological polar surface area (TPSA) is 80.6 Å². The molecule has 0 spiro atoms. The van der Waals surface area contributed by atoms with Gasteiger partial charge in [-0.05, 0) is 48.5 Å². The van der Waals surface area contributed by atoms with Crippen LogP contribution in [0.2, 0.25) is 0 Å². The summed E-state index contributed by atoms with van der Waals surface area (Å²) in [6.45, 7) is 0.0596. The molecule has 2 N–H and O–H groups in total. The molecule has 1 heterocycles. The van der Waals surface area contributed by atoms with Crippen molar-refractivity contribution in [3.8, 4) is 5.75 Å². The van der Waals surface area contributed by atoms with E-state index in [1.807, 2.05) is 0 Å². The number of carbonyl (C=O) groups excluding carboxylic acids is 2. The summed E-state index contributed by atoms with van der Waals surface area (Å²) >= 11 is 0. The van der Waals surface area contributed by atoms with Crippen molar-refractivity contribution in [3.05, 3.63) is 78.5 Å². The Kier molecular flexibility index (Phi) is 5.84. The molecule has 3 aromatic rings. The molecule has 0 aliphatic carbocycles. The molecule has 0 aliphatic rings. The molecule has 0 unspecified atom stereocenters. The Labute approximate surface area is 155 Å². The van der Waals surface area contributed by atoms with Crippen LogP contribution in [0, 0.1) is 5.82 Å². The van der Waals surface area contributed by atoms with Crippen molar-refractivity contribution >= 4 is 23.2 Å². The second-order valence-corrected chi connectivity index (χ2v) is 5.59. The first-order valence-electron chi connectivity index (χ1n) is 8.24. The van der Waals surface area contributed by atoms with Crippen LogP contribution >= 0.6 is 0 Å². The quantitative estimate of drug-likeness (QED) is 0.658. The van der Waals surface area contributed by atoms with Crippen LogP contribution in [0.4, 0.5) is 15.8 Å². The van der Waals surface area contributed by atoms with Gasteiger partial charge in [-0.2, -0.15) is 0 Å². The van der Waals surface area contributed by atoms with Crippen LogP contribution in [0.1, 0.15) is 17.0 Å². The normalized spacial score (nSPS) is 10.3. The van der Waals surface area contributed by atoms with E-state index >= 15 is 0 Å². The van der Waals surface area contributed by atoms with Crippen LogP contribution in [-0.2, 0) is 4.79 Å². The average Bonchev–Trinajstić information content (AvgIpc) is 3.20. The summed E-state index contributed by atoms with van der Waals surface area (Å²) < 4.78 is 23.7. The van der Waals surface area contributed by atoms with Gasteiger partial charge in [0, 0.05) is 11.4 Å². The maximum atomic E-state index is 13.4. The Balaban J connectivity index is 1.45. The second kappa shape index (κ2) is 8.66. The first-order chi connectivity index (χ1) is 13.1. The van der Waals surface area contributed by atoms with Gasteiger partial charge in [0.2, 0.25) is 5.91 Å². The van der Waals surface area contributed by atoms with E-state index < -0.39 is 5.82 Å². The standard InChI is InChI=1S/C20H17FN2O4/c21-16-4-1-2-5-17(16)27-13-11-19(24)22-14-7-9-15(10-8-14)23-20(25)18-6-3-12-26-18/h1-10,12H,11,13H2,(H,22,24)(H,23,25). The molecule has 0 radical (unpaired) electrons. The largest absolute Gasteiger partial charge is 0.490 e. The van der Waals surface area contributed by atoms with Gasteiger partial charge in [-0.15, -0.1) is 0 Å². The Morgan fingerprint density at radius 3 is 2.30 bits per heavy atom. The number of amides is 2. The lowest BCUT2D eigenvalue weighted by Crippen LogP contribution is -2.15. The number of halogens is 1. The minimum absolute atomic E-state index is 0.0596. The van der Waals surface area contributed by atoms with Gasteiger partial charge in [-0.3, -0.25) is 9.59 Å².